The molecule has 0 bridgehead atoms. The van der Waals surface area contributed by atoms with E-state index >= 15 is 0 Å². The number of carboxylic acids is 1. The van der Waals surface area contributed by atoms with Gasteiger partial charge in [-0.2, -0.15) is 0 Å². The SMILES string of the molecule is O=C(O)C(NC(=O)N1CCN2C(=O)CCC2C1)C1CC1. The summed E-state index contributed by atoms with van der Waals surface area (Å²) in [6, 6.07) is -0.986. The van der Waals surface area contributed by atoms with Crippen molar-refractivity contribution in [1.82, 2.24) is 15.1 Å². The summed E-state index contributed by atoms with van der Waals surface area (Å²) in [4.78, 5) is 38.4. The Hall–Kier alpha value is -1.79. The molecular formula is C13H19N3O4. The summed E-state index contributed by atoms with van der Waals surface area (Å²) >= 11 is 0. The number of hydrogen-bond donors (Lipinski definition) is 2. The van der Waals surface area contributed by atoms with E-state index in [4.69, 9.17) is 5.11 Å². The number of carbonyl (C=O) groups is 3. The molecule has 0 aromatic heterocycles. The standard InChI is InChI=1S/C13H19N3O4/c17-10-4-3-9-7-15(5-6-16(9)10)13(20)14-11(12(18)19)8-1-2-8/h8-9,11H,1-7H2,(H,14,20)(H,18,19). The summed E-state index contributed by atoms with van der Waals surface area (Å²) in [5, 5.41) is 11.8. The first-order valence-corrected chi connectivity index (χ1v) is 7.14. The highest BCUT2D eigenvalue weighted by Gasteiger charge is 2.40. The van der Waals surface area contributed by atoms with Gasteiger partial charge in [0.15, 0.2) is 0 Å². The van der Waals surface area contributed by atoms with Crippen molar-refractivity contribution in [1.29, 1.82) is 0 Å². The van der Waals surface area contributed by atoms with Gasteiger partial charge in [-0.1, -0.05) is 0 Å². The van der Waals surface area contributed by atoms with E-state index in [9.17, 15) is 14.4 Å². The van der Waals surface area contributed by atoms with Gasteiger partial charge in [-0.05, 0) is 25.2 Å². The molecule has 3 amide bonds. The van der Waals surface area contributed by atoms with E-state index in [1.54, 1.807) is 4.90 Å². The summed E-state index contributed by atoms with van der Waals surface area (Å²) in [6.45, 7) is 1.54. The lowest BCUT2D eigenvalue weighted by atomic mass is 10.1. The number of piperazine rings is 1. The van der Waals surface area contributed by atoms with Crippen LogP contribution in [0, 0.1) is 5.92 Å². The molecule has 1 saturated carbocycles. The van der Waals surface area contributed by atoms with Gasteiger partial charge in [-0.25, -0.2) is 9.59 Å². The third-order valence-electron chi connectivity index (χ3n) is 4.42. The van der Waals surface area contributed by atoms with Crippen LogP contribution in [0.25, 0.3) is 0 Å². The maximum Gasteiger partial charge on any atom is 0.326 e. The molecule has 0 aromatic carbocycles. The van der Waals surface area contributed by atoms with Crippen molar-refractivity contribution in [2.75, 3.05) is 19.6 Å². The Balaban J connectivity index is 1.58. The van der Waals surface area contributed by atoms with E-state index in [1.807, 2.05) is 4.90 Å². The maximum atomic E-state index is 12.2. The fourth-order valence-corrected chi connectivity index (χ4v) is 3.08. The van der Waals surface area contributed by atoms with Crippen LogP contribution in [0.4, 0.5) is 4.79 Å². The van der Waals surface area contributed by atoms with Gasteiger partial charge in [0.25, 0.3) is 0 Å². The molecule has 2 unspecified atom stereocenters. The second-order valence-corrected chi connectivity index (χ2v) is 5.83. The summed E-state index contributed by atoms with van der Waals surface area (Å²) in [6.07, 6.45) is 3.07. The lowest BCUT2D eigenvalue weighted by molar-refractivity contribution is -0.139. The molecule has 2 heterocycles. The molecular weight excluding hydrogens is 262 g/mol. The lowest BCUT2D eigenvalue weighted by Gasteiger charge is -2.37. The molecule has 110 valence electrons. The highest BCUT2D eigenvalue weighted by molar-refractivity contribution is 5.84. The number of aliphatic carboxylic acids is 1. The molecule has 0 spiro atoms. The molecule has 3 fully saturated rings. The lowest BCUT2D eigenvalue weighted by Crippen LogP contribution is -2.57. The van der Waals surface area contributed by atoms with Gasteiger partial charge < -0.3 is 20.2 Å². The number of rotatable bonds is 3. The van der Waals surface area contributed by atoms with Crippen LogP contribution in [0.5, 0.6) is 0 Å². The fraction of sp³-hybridized carbons (Fsp3) is 0.769. The van der Waals surface area contributed by atoms with E-state index in [-0.39, 0.29) is 23.9 Å². The van der Waals surface area contributed by atoms with Gasteiger partial charge in [0, 0.05) is 32.1 Å². The zero-order chi connectivity index (χ0) is 14.3. The van der Waals surface area contributed by atoms with Gasteiger partial charge in [0.05, 0.1) is 0 Å². The Labute approximate surface area is 116 Å². The molecule has 2 atom stereocenters. The number of carboxylic acid groups (broad SMARTS) is 1. The van der Waals surface area contributed by atoms with E-state index in [0.29, 0.717) is 26.1 Å². The summed E-state index contributed by atoms with van der Waals surface area (Å²) in [5.41, 5.74) is 0. The normalized spacial score (nSPS) is 27.2. The van der Waals surface area contributed by atoms with Crippen LogP contribution in [0.1, 0.15) is 25.7 Å². The quantitative estimate of drug-likeness (QED) is 0.754. The Morgan fingerprint density at radius 1 is 1.25 bits per heavy atom. The number of nitrogens with zero attached hydrogens (tertiary/aromatic N) is 2. The van der Waals surface area contributed by atoms with Crippen LogP contribution < -0.4 is 5.32 Å². The fourth-order valence-electron chi connectivity index (χ4n) is 3.08. The van der Waals surface area contributed by atoms with Crippen LogP contribution >= 0.6 is 0 Å². The first-order chi connectivity index (χ1) is 9.56. The first kappa shape index (κ1) is 13.2. The molecule has 2 N–H and O–H groups in total. The number of amides is 3. The Bertz CT molecular complexity index is 449. The Morgan fingerprint density at radius 3 is 2.65 bits per heavy atom. The van der Waals surface area contributed by atoms with Crippen LogP contribution in [0.15, 0.2) is 0 Å². The van der Waals surface area contributed by atoms with Gasteiger partial charge in [0.1, 0.15) is 6.04 Å². The predicted octanol–water partition coefficient (Wildman–Crippen LogP) is -0.134. The molecule has 20 heavy (non-hydrogen) atoms. The Morgan fingerprint density at radius 2 is 2.00 bits per heavy atom. The molecule has 7 nitrogen and oxygen atoms in total. The van der Waals surface area contributed by atoms with Crippen molar-refractivity contribution in [3.05, 3.63) is 0 Å². The van der Waals surface area contributed by atoms with E-state index in [2.05, 4.69) is 5.32 Å². The van der Waals surface area contributed by atoms with Gasteiger partial charge in [-0.15, -0.1) is 0 Å². The third kappa shape index (κ3) is 2.44. The zero-order valence-electron chi connectivity index (χ0n) is 11.2. The smallest absolute Gasteiger partial charge is 0.326 e. The van der Waals surface area contributed by atoms with Crippen molar-refractivity contribution in [2.24, 2.45) is 5.92 Å². The van der Waals surface area contributed by atoms with Crippen LogP contribution in [-0.2, 0) is 9.59 Å². The van der Waals surface area contributed by atoms with E-state index in [1.165, 1.54) is 0 Å². The predicted molar refractivity (Wildman–Crippen MR) is 69.0 cm³/mol. The molecule has 0 radical (unpaired) electrons. The van der Waals surface area contributed by atoms with Crippen molar-refractivity contribution in [3.8, 4) is 0 Å². The highest BCUT2D eigenvalue weighted by Crippen LogP contribution is 2.33. The summed E-state index contributed by atoms with van der Waals surface area (Å²) < 4.78 is 0. The molecule has 3 rings (SSSR count). The van der Waals surface area contributed by atoms with Crippen molar-refractivity contribution >= 4 is 17.9 Å². The average molecular weight is 281 g/mol. The van der Waals surface area contributed by atoms with Crippen molar-refractivity contribution in [2.45, 2.75) is 37.8 Å². The van der Waals surface area contributed by atoms with E-state index < -0.39 is 12.0 Å². The number of fused-ring (bicyclic) bond motifs is 1. The van der Waals surface area contributed by atoms with Crippen LogP contribution in [-0.4, -0.2) is 64.5 Å². The minimum Gasteiger partial charge on any atom is -0.480 e. The largest absolute Gasteiger partial charge is 0.480 e. The number of carbonyl (C=O) groups excluding carboxylic acids is 2. The second kappa shape index (κ2) is 4.96. The number of urea groups is 1. The van der Waals surface area contributed by atoms with Crippen LogP contribution in [0.3, 0.4) is 0 Å². The molecule has 2 saturated heterocycles. The van der Waals surface area contributed by atoms with Gasteiger partial charge >= 0.3 is 12.0 Å². The summed E-state index contributed by atoms with van der Waals surface area (Å²) in [7, 11) is 0. The maximum absolute atomic E-state index is 12.2. The highest BCUT2D eigenvalue weighted by atomic mass is 16.4. The van der Waals surface area contributed by atoms with E-state index in [0.717, 1.165) is 19.3 Å². The minimum absolute atomic E-state index is 0.0748. The van der Waals surface area contributed by atoms with Crippen molar-refractivity contribution < 1.29 is 19.5 Å². The molecule has 7 heteroatoms. The summed E-state index contributed by atoms with van der Waals surface area (Å²) in [5.74, 6) is -0.724. The molecule has 0 aromatic rings. The molecule has 3 aliphatic rings. The molecule has 1 aliphatic carbocycles. The molecule has 2 aliphatic heterocycles. The van der Waals surface area contributed by atoms with Gasteiger partial charge in [-0.3, -0.25) is 4.79 Å². The minimum atomic E-state index is -0.962. The Kier molecular flexibility index (Phi) is 3.27. The first-order valence-electron chi connectivity index (χ1n) is 7.14. The van der Waals surface area contributed by atoms with Gasteiger partial charge in [0.2, 0.25) is 5.91 Å². The average Bonchev–Trinajstić information content (AvgIpc) is 3.19. The second-order valence-electron chi connectivity index (χ2n) is 5.83. The topological polar surface area (TPSA) is 89.9 Å². The third-order valence-corrected chi connectivity index (χ3v) is 4.42. The number of nitrogens with one attached hydrogen (secondary N) is 1. The number of hydrogen-bond acceptors (Lipinski definition) is 3. The zero-order valence-corrected chi connectivity index (χ0v) is 11.2. The van der Waals surface area contributed by atoms with Crippen molar-refractivity contribution in [3.63, 3.8) is 0 Å². The monoisotopic (exact) mass is 281 g/mol. The van der Waals surface area contributed by atoms with Crippen LogP contribution in [0.2, 0.25) is 0 Å².